The molecule has 2 aromatic carbocycles. The van der Waals surface area contributed by atoms with Gasteiger partial charge in [0, 0.05) is 5.39 Å². The van der Waals surface area contributed by atoms with Crippen LogP contribution in [0.1, 0.15) is 0 Å². The summed E-state index contributed by atoms with van der Waals surface area (Å²) in [5.74, 6) is 0.201. The lowest BCUT2D eigenvalue weighted by Crippen LogP contribution is -2.09. The summed E-state index contributed by atoms with van der Waals surface area (Å²) in [6.45, 7) is 0. The molecule has 5 heteroatoms. The Kier molecular flexibility index (Phi) is 3.12. The van der Waals surface area contributed by atoms with Gasteiger partial charge < -0.3 is 4.18 Å². The third-order valence-electron chi connectivity index (χ3n) is 2.80. The van der Waals surface area contributed by atoms with Crippen LogP contribution in [0.2, 0.25) is 0 Å². The van der Waals surface area contributed by atoms with Crippen molar-refractivity contribution in [2.75, 3.05) is 0 Å². The quantitative estimate of drug-likeness (QED) is 0.694. The Bertz CT molecular complexity index is 845. The minimum atomic E-state index is -3.82. The number of para-hydroxylation sites is 1. The van der Waals surface area contributed by atoms with Gasteiger partial charge >= 0.3 is 10.1 Å². The van der Waals surface area contributed by atoms with Crippen LogP contribution in [-0.2, 0) is 10.1 Å². The van der Waals surface area contributed by atoms with E-state index in [4.69, 9.17) is 4.18 Å². The Morgan fingerprint density at radius 3 is 2.40 bits per heavy atom. The SMILES string of the molecule is O=S(=O)(Oc1cnc2ccccc2c1)c1ccccc1. The molecule has 1 aromatic heterocycles. The van der Waals surface area contributed by atoms with Gasteiger partial charge in [-0.15, -0.1) is 0 Å². The largest absolute Gasteiger partial charge is 0.377 e. The van der Waals surface area contributed by atoms with Gasteiger partial charge in [0.25, 0.3) is 0 Å². The Balaban J connectivity index is 1.97. The van der Waals surface area contributed by atoms with Crippen LogP contribution in [0.15, 0.2) is 71.8 Å². The third-order valence-corrected chi connectivity index (χ3v) is 4.06. The third kappa shape index (κ3) is 2.48. The molecule has 0 N–H and O–H groups in total. The number of fused-ring (bicyclic) bond motifs is 1. The zero-order valence-corrected chi connectivity index (χ0v) is 11.2. The second-order valence-corrected chi connectivity index (χ2v) is 5.76. The lowest BCUT2D eigenvalue weighted by Gasteiger charge is -2.07. The summed E-state index contributed by atoms with van der Waals surface area (Å²) in [6.07, 6.45) is 1.41. The minimum Gasteiger partial charge on any atom is -0.377 e. The summed E-state index contributed by atoms with van der Waals surface area (Å²) in [6, 6.07) is 17.1. The van der Waals surface area contributed by atoms with E-state index in [0.717, 1.165) is 10.9 Å². The van der Waals surface area contributed by atoms with E-state index in [-0.39, 0.29) is 10.6 Å². The van der Waals surface area contributed by atoms with E-state index in [0.29, 0.717) is 0 Å². The first-order valence-corrected chi connectivity index (χ1v) is 7.40. The topological polar surface area (TPSA) is 56.3 Å². The van der Waals surface area contributed by atoms with Crippen molar-refractivity contribution in [3.63, 3.8) is 0 Å². The van der Waals surface area contributed by atoms with Crippen LogP contribution in [0.4, 0.5) is 0 Å². The Hall–Kier alpha value is -2.40. The van der Waals surface area contributed by atoms with Crippen LogP contribution in [0.3, 0.4) is 0 Å². The molecule has 0 radical (unpaired) electrons. The van der Waals surface area contributed by atoms with Gasteiger partial charge in [0.15, 0.2) is 5.75 Å². The fourth-order valence-electron chi connectivity index (χ4n) is 1.86. The lowest BCUT2D eigenvalue weighted by molar-refractivity contribution is 0.485. The highest BCUT2D eigenvalue weighted by molar-refractivity contribution is 7.87. The lowest BCUT2D eigenvalue weighted by atomic mass is 10.2. The fraction of sp³-hybridized carbons (Fsp3) is 0. The molecule has 1 heterocycles. The molecule has 0 spiro atoms. The number of nitrogens with zero attached hydrogens (tertiary/aromatic N) is 1. The van der Waals surface area contributed by atoms with E-state index in [1.165, 1.54) is 18.3 Å². The van der Waals surface area contributed by atoms with Gasteiger partial charge in [-0.1, -0.05) is 36.4 Å². The highest BCUT2D eigenvalue weighted by atomic mass is 32.2. The second-order valence-electron chi connectivity index (χ2n) is 4.21. The molecular weight excluding hydrogens is 274 g/mol. The molecule has 0 amide bonds. The molecule has 3 aromatic rings. The van der Waals surface area contributed by atoms with Crippen molar-refractivity contribution in [1.82, 2.24) is 4.98 Å². The molecular formula is C15H11NO3S. The smallest absolute Gasteiger partial charge is 0.339 e. The monoisotopic (exact) mass is 285 g/mol. The van der Waals surface area contributed by atoms with Crippen molar-refractivity contribution in [1.29, 1.82) is 0 Å². The number of pyridine rings is 1. The molecule has 0 bridgehead atoms. The van der Waals surface area contributed by atoms with E-state index in [1.54, 1.807) is 24.3 Å². The van der Waals surface area contributed by atoms with Crippen LogP contribution in [0.25, 0.3) is 10.9 Å². The van der Waals surface area contributed by atoms with Crippen LogP contribution in [0, 0.1) is 0 Å². The Morgan fingerprint density at radius 2 is 1.60 bits per heavy atom. The van der Waals surface area contributed by atoms with Crippen LogP contribution < -0.4 is 4.18 Å². The maximum atomic E-state index is 12.1. The Morgan fingerprint density at radius 1 is 0.900 bits per heavy atom. The van der Waals surface area contributed by atoms with Gasteiger partial charge in [-0.05, 0) is 24.3 Å². The van der Waals surface area contributed by atoms with Crippen LogP contribution in [0.5, 0.6) is 5.75 Å². The zero-order chi connectivity index (χ0) is 14.0. The maximum absolute atomic E-state index is 12.1. The predicted octanol–water partition coefficient (Wildman–Crippen LogP) is 3.00. The summed E-state index contributed by atoms with van der Waals surface area (Å²) in [5.41, 5.74) is 0.789. The molecule has 0 atom stereocenters. The molecule has 0 aliphatic carbocycles. The van der Waals surface area contributed by atoms with Gasteiger partial charge in [0.05, 0.1) is 11.7 Å². The highest BCUT2D eigenvalue weighted by Gasteiger charge is 2.16. The molecule has 20 heavy (non-hydrogen) atoms. The molecule has 0 fully saturated rings. The van der Waals surface area contributed by atoms with E-state index >= 15 is 0 Å². The highest BCUT2D eigenvalue weighted by Crippen LogP contribution is 2.21. The van der Waals surface area contributed by atoms with Gasteiger partial charge in [-0.2, -0.15) is 8.42 Å². The number of hydrogen-bond donors (Lipinski definition) is 0. The molecule has 0 saturated carbocycles. The van der Waals surface area contributed by atoms with Crippen molar-refractivity contribution >= 4 is 21.0 Å². The van der Waals surface area contributed by atoms with Gasteiger partial charge in [0.1, 0.15) is 4.90 Å². The Labute approximate surface area is 116 Å². The summed E-state index contributed by atoms with van der Waals surface area (Å²) in [7, 11) is -3.82. The van der Waals surface area contributed by atoms with Crippen molar-refractivity contribution < 1.29 is 12.6 Å². The van der Waals surface area contributed by atoms with Gasteiger partial charge in [-0.25, -0.2) is 0 Å². The van der Waals surface area contributed by atoms with Crippen molar-refractivity contribution in [2.24, 2.45) is 0 Å². The average Bonchev–Trinajstić information content (AvgIpc) is 2.48. The molecule has 100 valence electrons. The minimum absolute atomic E-state index is 0.119. The zero-order valence-electron chi connectivity index (χ0n) is 10.4. The molecule has 0 aliphatic heterocycles. The summed E-state index contributed by atoms with van der Waals surface area (Å²) in [4.78, 5) is 4.29. The normalized spacial score (nSPS) is 11.4. The van der Waals surface area contributed by atoms with E-state index < -0.39 is 10.1 Å². The van der Waals surface area contributed by atoms with Crippen LogP contribution in [-0.4, -0.2) is 13.4 Å². The standard InChI is InChI=1S/C15H11NO3S/c17-20(18,14-7-2-1-3-8-14)19-13-10-12-6-4-5-9-15(12)16-11-13/h1-11H. The molecule has 0 saturated heterocycles. The maximum Gasteiger partial charge on any atom is 0.339 e. The van der Waals surface area contributed by atoms with E-state index in [9.17, 15) is 8.42 Å². The average molecular weight is 285 g/mol. The van der Waals surface area contributed by atoms with Crippen LogP contribution >= 0.6 is 0 Å². The first kappa shape index (κ1) is 12.6. The number of aromatic nitrogens is 1. The molecule has 4 nitrogen and oxygen atoms in total. The van der Waals surface area contributed by atoms with E-state index in [1.807, 2.05) is 24.3 Å². The summed E-state index contributed by atoms with van der Waals surface area (Å²) in [5, 5.41) is 0.827. The first-order chi connectivity index (χ1) is 9.65. The number of benzene rings is 2. The second kappa shape index (κ2) is 4.94. The van der Waals surface area contributed by atoms with Crippen molar-refractivity contribution in [3.05, 3.63) is 66.9 Å². The van der Waals surface area contributed by atoms with Gasteiger partial charge in [0.2, 0.25) is 0 Å². The molecule has 0 unspecified atom stereocenters. The van der Waals surface area contributed by atoms with Crippen molar-refractivity contribution in [2.45, 2.75) is 4.90 Å². The van der Waals surface area contributed by atoms with Crippen molar-refractivity contribution in [3.8, 4) is 5.75 Å². The summed E-state index contributed by atoms with van der Waals surface area (Å²) >= 11 is 0. The van der Waals surface area contributed by atoms with E-state index in [2.05, 4.69) is 4.98 Å². The molecule has 3 rings (SSSR count). The fourth-order valence-corrected chi connectivity index (χ4v) is 2.79. The first-order valence-electron chi connectivity index (χ1n) is 5.99. The summed E-state index contributed by atoms with van der Waals surface area (Å²) < 4.78 is 29.3. The van der Waals surface area contributed by atoms with Gasteiger partial charge in [-0.3, -0.25) is 4.98 Å². The molecule has 0 aliphatic rings. The predicted molar refractivity (Wildman–Crippen MR) is 76.0 cm³/mol. The number of hydrogen-bond acceptors (Lipinski definition) is 4. The number of rotatable bonds is 3.